The molecule has 0 bridgehead atoms. The minimum atomic E-state index is 0.124. The van der Waals surface area contributed by atoms with Gasteiger partial charge in [-0.3, -0.25) is 0 Å². The topological polar surface area (TPSA) is 21.3 Å². The van der Waals surface area contributed by atoms with Gasteiger partial charge in [0.05, 0.1) is 6.61 Å². The van der Waals surface area contributed by atoms with Gasteiger partial charge in [-0.25, -0.2) is 0 Å². The molecular formula is C16H26BrNO. The van der Waals surface area contributed by atoms with Crippen LogP contribution in [0.5, 0.6) is 5.75 Å². The third-order valence-corrected chi connectivity index (χ3v) is 4.28. The summed E-state index contributed by atoms with van der Waals surface area (Å²) in [7, 11) is 0. The Morgan fingerprint density at radius 2 is 1.74 bits per heavy atom. The lowest BCUT2D eigenvalue weighted by Crippen LogP contribution is -2.37. The maximum Gasteiger partial charge on any atom is 0.119 e. The average Bonchev–Trinajstić information content (AvgIpc) is 2.31. The van der Waals surface area contributed by atoms with Gasteiger partial charge in [-0.1, -0.05) is 43.6 Å². The molecule has 3 heteroatoms. The van der Waals surface area contributed by atoms with Crippen LogP contribution < -0.4 is 10.1 Å². The van der Waals surface area contributed by atoms with Gasteiger partial charge in [0.1, 0.15) is 5.75 Å². The molecule has 1 aromatic carbocycles. The van der Waals surface area contributed by atoms with Crippen LogP contribution in [-0.4, -0.2) is 19.2 Å². The molecule has 0 saturated heterocycles. The Balaban J connectivity index is 2.61. The molecule has 108 valence electrons. The van der Waals surface area contributed by atoms with Crippen LogP contribution in [0.4, 0.5) is 0 Å². The van der Waals surface area contributed by atoms with Crippen molar-refractivity contribution in [1.29, 1.82) is 0 Å². The van der Waals surface area contributed by atoms with Gasteiger partial charge in [0.15, 0.2) is 0 Å². The van der Waals surface area contributed by atoms with E-state index in [1.54, 1.807) is 0 Å². The highest BCUT2D eigenvalue weighted by molar-refractivity contribution is 9.10. The van der Waals surface area contributed by atoms with Crippen molar-refractivity contribution in [3.8, 4) is 5.75 Å². The van der Waals surface area contributed by atoms with Crippen molar-refractivity contribution >= 4 is 15.9 Å². The van der Waals surface area contributed by atoms with Crippen LogP contribution in [0.15, 0.2) is 16.6 Å². The van der Waals surface area contributed by atoms with E-state index in [0.717, 1.165) is 12.3 Å². The lowest BCUT2D eigenvalue weighted by atomic mass is 9.94. The molecular weight excluding hydrogens is 302 g/mol. The fourth-order valence-corrected chi connectivity index (χ4v) is 2.03. The first-order valence-electron chi connectivity index (χ1n) is 6.84. The van der Waals surface area contributed by atoms with Crippen LogP contribution >= 0.6 is 15.9 Å². The van der Waals surface area contributed by atoms with E-state index in [9.17, 15) is 0 Å². The zero-order chi connectivity index (χ0) is 14.6. The minimum Gasteiger partial charge on any atom is -0.493 e. The Labute approximate surface area is 126 Å². The van der Waals surface area contributed by atoms with Crippen LogP contribution in [0.3, 0.4) is 0 Å². The summed E-state index contributed by atoms with van der Waals surface area (Å²) < 4.78 is 7.13. The van der Waals surface area contributed by atoms with Crippen LogP contribution in [0.25, 0.3) is 0 Å². The van der Waals surface area contributed by atoms with Gasteiger partial charge in [0.25, 0.3) is 0 Å². The van der Waals surface area contributed by atoms with E-state index in [4.69, 9.17) is 4.74 Å². The van der Waals surface area contributed by atoms with Crippen molar-refractivity contribution < 1.29 is 4.74 Å². The normalized spacial score (nSPS) is 12.0. The Morgan fingerprint density at radius 3 is 2.21 bits per heavy atom. The highest BCUT2D eigenvalue weighted by atomic mass is 79.9. The van der Waals surface area contributed by atoms with Gasteiger partial charge < -0.3 is 10.1 Å². The number of nitrogens with one attached hydrogen (secondary N) is 1. The van der Waals surface area contributed by atoms with Crippen molar-refractivity contribution in [1.82, 2.24) is 5.32 Å². The monoisotopic (exact) mass is 327 g/mol. The second kappa shape index (κ2) is 6.76. The third-order valence-electron chi connectivity index (χ3n) is 3.03. The number of benzene rings is 1. The second-order valence-electron chi connectivity index (χ2n) is 6.36. The summed E-state index contributed by atoms with van der Waals surface area (Å²) in [5.74, 6) is 0.954. The van der Waals surface area contributed by atoms with Crippen LogP contribution in [0, 0.1) is 19.3 Å². The predicted molar refractivity (Wildman–Crippen MR) is 86.0 cm³/mol. The first-order valence-corrected chi connectivity index (χ1v) is 7.63. The first kappa shape index (κ1) is 16.5. The van der Waals surface area contributed by atoms with Crippen molar-refractivity contribution in [2.45, 2.75) is 47.6 Å². The molecule has 0 atom stereocenters. The van der Waals surface area contributed by atoms with Gasteiger partial charge in [0.2, 0.25) is 0 Å². The van der Waals surface area contributed by atoms with Crippen molar-refractivity contribution in [2.75, 3.05) is 13.2 Å². The quantitative estimate of drug-likeness (QED) is 0.832. The molecule has 0 heterocycles. The van der Waals surface area contributed by atoms with Crippen LogP contribution in [0.1, 0.15) is 38.8 Å². The molecule has 0 aromatic heterocycles. The second-order valence-corrected chi connectivity index (χ2v) is 7.15. The van der Waals surface area contributed by atoms with E-state index in [1.165, 1.54) is 15.6 Å². The van der Waals surface area contributed by atoms with E-state index in [-0.39, 0.29) is 5.41 Å². The Hall–Kier alpha value is -0.540. The molecule has 0 aliphatic carbocycles. The highest BCUT2D eigenvalue weighted by Crippen LogP contribution is 2.27. The smallest absolute Gasteiger partial charge is 0.119 e. The van der Waals surface area contributed by atoms with Gasteiger partial charge in [-0.15, -0.1) is 0 Å². The van der Waals surface area contributed by atoms with E-state index in [2.05, 4.69) is 74.9 Å². The maximum atomic E-state index is 5.96. The Morgan fingerprint density at radius 1 is 1.21 bits per heavy atom. The van der Waals surface area contributed by atoms with E-state index >= 15 is 0 Å². The Kier molecular flexibility index (Phi) is 5.87. The summed E-state index contributed by atoms with van der Waals surface area (Å²) in [5, 5.41) is 3.47. The SMILES string of the molecule is Cc1cc(OCC(C)(C)CNC(C)C)cc(C)c1Br. The molecule has 1 N–H and O–H groups in total. The summed E-state index contributed by atoms with van der Waals surface area (Å²) in [4.78, 5) is 0. The van der Waals surface area contributed by atoms with E-state index in [1.807, 2.05) is 0 Å². The predicted octanol–water partition coefficient (Wildman–Crippen LogP) is 4.47. The van der Waals surface area contributed by atoms with Crippen LogP contribution in [-0.2, 0) is 0 Å². The molecule has 0 radical (unpaired) electrons. The van der Waals surface area contributed by atoms with E-state index in [0.29, 0.717) is 12.6 Å². The molecule has 0 aliphatic rings. The molecule has 0 aliphatic heterocycles. The molecule has 0 unspecified atom stereocenters. The molecule has 1 aromatic rings. The third kappa shape index (κ3) is 5.53. The molecule has 0 saturated carbocycles. The van der Waals surface area contributed by atoms with Crippen LogP contribution in [0.2, 0.25) is 0 Å². The average molecular weight is 328 g/mol. The Bertz CT molecular complexity index is 404. The number of hydrogen-bond acceptors (Lipinski definition) is 2. The van der Waals surface area contributed by atoms with Crippen molar-refractivity contribution in [3.63, 3.8) is 0 Å². The lowest BCUT2D eigenvalue weighted by molar-refractivity contribution is 0.173. The number of aryl methyl sites for hydroxylation is 2. The number of halogens is 1. The van der Waals surface area contributed by atoms with Crippen molar-refractivity contribution in [2.24, 2.45) is 5.41 Å². The highest BCUT2D eigenvalue weighted by Gasteiger charge is 2.19. The molecule has 0 amide bonds. The first-order chi connectivity index (χ1) is 8.71. The summed E-state index contributed by atoms with van der Waals surface area (Å²) >= 11 is 3.58. The number of hydrogen-bond donors (Lipinski definition) is 1. The van der Waals surface area contributed by atoms with Gasteiger partial charge in [-0.05, 0) is 37.1 Å². The fourth-order valence-electron chi connectivity index (χ4n) is 1.80. The van der Waals surface area contributed by atoms with Gasteiger partial charge >= 0.3 is 0 Å². The largest absolute Gasteiger partial charge is 0.493 e. The number of ether oxygens (including phenoxy) is 1. The van der Waals surface area contributed by atoms with E-state index < -0.39 is 0 Å². The standard InChI is InChI=1S/C16H26BrNO/c1-11(2)18-9-16(5,6)10-19-14-7-12(3)15(17)13(4)8-14/h7-8,11,18H,9-10H2,1-6H3. The molecule has 19 heavy (non-hydrogen) atoms. The lowest BCUT2D eigenvalue weighted by Gasteiger charge is -2.26. The van der Waals surface area contributed by atoms with Crippen molar-refractivity contribution in [3.05, 3.63) is 27.7 Å². The van der Waals surface area contributed by atoms with Gasteiger partial charge in [0, 0.05) is 22.5 Å². The molecule has 2 nitrogen and oxygen atoms in total. The molecule has 0 fully saturated rings. The zero-order valence-corrected chi connectivity index (χ0v) is 14.5. The maximum absolute atomic E-state index is 5.96. The van der Waals surface area contributed by atoms with Gasteiger partial charge in [-0.2, -0.15) is 0 Å². The molecule has 1 rings (SSSR count). The summed E-state index contributed by atoms with van der Waals surface area (Å²) in [5.41, 5.74) is 2.56. The summed E-state index contributed by atoms with van der Waals surface area (Å²) in [6.07, 6.45) is 0. The minimum absolute atomic E-state index is 0.124. The zero-order valence-electron chi connectivity index (χ0n) is 12.9. The number of rotatable bonds is 6. The molecule has 0 spiro atoms. The fraction of sp³-hybridized carbons (Fsp3) is 0.625. The summed E-state index contributed by atoms with van der Waals surface area (Å²) in [6.45, 7) is 14.6. The summed E-state index contributed by atoms with van der Waals surface area (Å²) in [6, 6.07) is 4.68.